The molecule has 0 fully saturated rings. The SMILES string of the molecule is c1ccc2c(-c3ccnc(-c4nc5ccccc5c5c4ccc4ccccc45)c3)cccc2c1. The van der Waals surface area contributed by atoms with E-state index in [-0.39, 0.29) is 0 Å². The number of rotatable bonds is 2. The van der Waals surface area contributed by atoms with Gasteiger partial charge in [-0.2, -0.15) is 0 Å². The average Bonchev–Trinajstić information content (AvgIpc) is 2.92. The largest absolute Gasteiger partial charge is 0.255 e. The van der Waals surface area contributed by atoms with Gasteiger partial charge in [0.25, 0.3) is 0 Å². The van der Waals surface area contributed by atoms with E-state index in [1.54, 1.807) is 0 Å². The molecule has 0 radical (unpaired) electrons. The molecule has 2 nitrogen and oxygen atoms in total. The first-order valence-corrected chi connectivity index (χ1v) is 11.5. The quantitative estimate of drug-likeness (QED) is 0.256. The van der Waals surface area contributed by atoms with Crippen LogP contribution in [0.25, 0.3) is 65.7 Å². The number of benzene rings is 5. The average molecular weight is 433 g/mol. The van der Waals surface area contributed by atoms with E-state index in [4.69, 9.17) is 9.97 Å². The van der Waals surface area contributed by atoms with Crippen LogP contribution in [-0.4, -0.2) is 9.97 Å². The van der Waals surface area contributed by atoms with Crippen LogP contribution in [0.5, 0.6) is 0 Å². The Morgan fingerprint density at radius 1 is 0.500 bits per heavy atom. The molecule has 34 heavy (non-hydrogen) atoms. The molecule has 0 aliphatic rings. The lowest BCUT2D eigenvalue weighted by molar-refractivity contribution is 1.29. The van der Waals surface area contributed by atoms with Gasteiger partial charge in [0.1, 0.15) is 0 Å². The summed E-state index contributed by atoms with van der Waals surface area (Å²) in [5.74, 6) is 0. The van der Waals surface area contributed by atoms with Crippen molar-refractivity contribution in [3.8, 4) is 22.5 Å². The second kappa shape index (κ2) is 7.50. The molecule has 0 saturated carbocycles. The molecule has 0 saturated heterocycles. The molecule has 0 spiro atoms. The summed E-state index contributed by atoms with van der Waals surface area (Å²) in [5, 5.41) is 8.47. The molecule has 7 aromatic rings. The van der Waals surface area contributed by atoms with Crippen molar-refractivity contribution in [1.29, 1.82) is 0 Å². The summed E-state index contributed by atoms with van der Waals surface area (Å²) in [6.45, 7) is 0. The van der Waals surface area contributed by atoms with Crippen LogP contribution in [0.4, 0.5) is 0 Å². The van der Waals surface area contributed by atoms with E-state index < -0.39 is 0 Å². The molecule has 0 unspecified atom stereocenters. The van der Waals surface area contributed by atoms with Crippen LogP contribution in [0.1, 0.15) is 0 Å². The van der Waals surface area contributed by atoms with Crippen molar-refractivity contribution in [1.82, 2.24) is 9.97 Å². The topological polar surface area (TPSA) is 25.8 Å². The van der Waals surface area contributed by atoms with E-state index in [1.165, 1.54) is 37.9 Å². The van der Waals surface area contributed by atoms with Crippen molar-refractivity contribution < 1.29 is 0 Å². The number of fused-ring (bicyclic) bond motifs is 6. The number of aromatic nitrogens is 2. The Labute approximate surface area is 197 Å². The Morgan fingerprint density at radius 3 is 2.09 bits per heavy atom. The Bertz CT molecular complexity index is 1850. The minimum atomic E-state index is 0.886. The van der Waals surface area contributed by atoms with E-state index >= 15 is 0 Å². The highest BCUT2D eigenvalue weighted by Crippen LogP contribution is 2.37. The molecule has 2 heterocycles. The van der Waals surface area contributed by atoms with Gasteiger partial charge < -0.3 is 0 Å². The first-order valence-electron chi connectivity index (χ1n) is 11.5. The first kappa shape index (κ1) is 19.0. The summed E-state index contributed by atoms with van der Waals surface area (Å²) < 4.78 is 0. The molecule has 0 bridgehead atoms. The summed E-state index contributed by atoms with van der Waals surface area (Å²) in [4.78, 5) is 9.90. The van der Waals surface area contributed by atoms with Gasteiger partial charge in [-0.25, -0.2) is 4.98 Å². The zero-order valence-electron chi connectivity index (χ0n) is 18.4. The second-order valence-electron chi connectivity index (χ2n) is 8.64. The number of hydrogen-bond acceptors (Lipinski definition) is 2. The van der Waals surface area contributed by atoms with Crippen molar-refractivity contribution in [2.24, 2.45) is 0 Å². The minimum absolute atomic E-state index is 0.886. The third-order valence-electron chi connectivity index (χ3n) is 6.69. The Kier molecular flexibility index (Phi) is 4.18. The lowest BCUT2D eigenvalue weighted by Crippen LogP contribution is -1.93. The molecule has 7 rings (SSSR count). The molecule has 0 atom stereocenters. The van der Waals surface area contributed by atoms with Crippen LogP contribution < -0.4 is 0 Å². The number of nitrogens with zero attached hydrogens (tertiary/aromatic N) is 2. The van der Waals surface area contributed by atoms with E-state index in [0.29, 0.717) is 0 Å². The lowest BCUT2D eigenvalue weighted by atomic mass is 9.95. The highest BCUT2D eigenvalue weighted by Gasteiger charge is 2.14. The maximum Gasteiger partial charge on any atom is 0.0972 e. The van der Waals surface area contributed by atoms with Gasteiger partial charge in [-0.15, -0.1) is 0 Å². The van der Waals surface area contributed by atoms with Crippen LogP contribution in [0.15, 0.2) is 121 Å². The van der Waals surface area contributed by atoms with Gasteiger partial charge in [0, 0.05) is 22.4 Å². The molecule has 0 N–H and O–H groups in total. The smallest absolute Gasteiger partial charge is 0.0972 e. The van der Waals surface area contributed by atoms with E-state index in [2.05, 4.69) is 115 Å². The number of pyridine rings is 2. The fourth-order valence-corrected chi connectivity index (χ4v) is 5.12. The van der Waals surface area contributed by atoms with Crippen LogP contribution in [0.3, 0.4) is 0 Å². The molecule has 158 valence electrons. The molecule has 5 aromatic carbocycles. The molecular formula is C32H20N2. The zero-order valence-corrected chi connectivity index (χ0v) is 18.4. The van der Waals surface area contributed by atoms with Crippen molar-refractivity contribution >= 4 is 43.2 Å². The summed E-state index contributed by atoms with van der Waals surface area (Å²) >= 11 is 0. The molecular weight excluding hydrogens is 412 g/mol. The van der Waals surface area contributed by atoms with Gasteiger partial charge in [0.05, 0.1) is 16.9 Å². The predicted molar refractivity (Wildman–Crippen MR) is 143 cm³/mol. The lowest BCUT2D eigenvalue weighted by Gasteiger charge is -2.13. The maximum atomic E-state index is 5.12. The van der Waals surface area contributed by atoms with Crippen LogP contribution >= 0.6 is 0 Å². The summed E-state index contributed by atoms with van der Waals surface area (Å²) in [6.07, 6.45) is 1.90. The summed E-state index contributed by atoms with van der Waals surface area (Å²) in [6, 6.07) is 40.6. The first-order chi connectivity index (χ1) is 16.9. The van der Waals surface area contributed by atoms with E-state index in [1.807, 2.05) is 6.20 Å². The van der Waals surface area contributed by atoms with Crippen molar-refractivity contribution in [2.75, 3.05) is 0 Å². The summed E-state index contributed by atoms with van der Waals surface area (Å²) in [5.41, 5.74) is 5.14. The second-order valence-corrected chi connectivity index (χ2v) is 8.64. The Balaban J connectivity index is 1.54. The highest BCUT2D eigenvalue weighted by atomic mass is 14.8. The standard InChI is InChI=1S/C32H20N2/c1-3-11-24-21(8-1)10-7-14-25(24)23-18-19-33-30(20-23)32-28-17-16-22-9-2-4-12-26(22)31(28)27-13-5-6-15-29(27)34-32/h1-20H. The molecule has 2 aromatic heterocycles. The monoisotopic (exact) mass is 432 g/mol. The van der Waals surface area contributed by atoms with Gasteiger partial charge in [-0.1, -0.05) is 97.1 Å². The fraction of sp³-hybridized carbons (Fsp3) is 0. The molecule has 0 amide bonds. The normalized spacial score (nSPS) is 11.5. The van der Waals surface area contributed by atoms with Gasteiger partial charge in [0.2, 0.25) is 0 Å². The molecule has 0 aliphatic carbocycles. The zero-order chi connectivity index (χ0) is 22.5. The fourth-order valence-electron chi connectivity index (χ4n) is 5.12. The van der Waals surface area contributed by atoms with Gasteiger partial charge in [0.15, 0.2) is 0 Å². The summed E-state index contributed by atoms with van der Waals surface area (Å²) in [7, 11) is 0. The van der Waals surface area contributed by atoms with Crippen LogP contribution in [0, 0.1) is 0 Å². The van der Waals surface area contributed by atoms with Crippen LogP contribution in [-0.2, 0) is 0 Å². The molecule has 2 heteroatoms. The third kappa shape index (κ3) is 2.89. The van der Waals surface area contributed by atoms with Gasteiger partial charge >= 0.3 is 0 Å². The molecule has 0 aliphatic heterocycles. The Hall–Kier alpha value is -4.56. The van der Waals surface area contributed by atoms with Crippen molar-refractivity contribution in [3.63, 3.8) is 0 Å². The maximum absolute atomic E-state index is 5.12. The number of hydrogen-bond donors (Lipinski definition) is 0. The van der Waals surface area contributed by atoms with Gasteiger partial charge in [-0.3, -0.25) is 4.98 Å². The van der Waals surface area contributed by atoms with E-state index in [9.17, 15) is 0 Å². The predicted octanol–water partition coefficient (Wildman–Crippen LogP) is 8.42. The Morgan fingerprint density at radius 2 is 1.21 bits per heavy atom. The number of para-hydroxylation sites is 1. The van der Waals surface area contributed by atoms with Crippen molar-refractivity contribution in [3.05, 3.63) is 121 Å². The van der Waals surface area contributed by atoms with E-state index in [0.717, 1.165) is 27.9 Å². The van der Waals surface area contributed by atoms with Gasteiger partial charge in [-0.05, 0) is 50.9 Å². The third-order valence-corrected chi connectivity index (χ3v) is 6.69. The van der Waals surface area contributed by atoms with Crippen molar-refractivity contribution in [2.45, 2.75) is 0 Å². The minimum Gasteiger partial charge on any atom is -0.255 e. The van der Waals surface area contributed by atoms with Crippen LogP contribution in [0.2, 0.25) is 0 Å². The highest BCUT2D eigenvalue weighted by molar-refractivity contribution is 6.22.